The quantitative estimate of drug-likeness (QED) is 0.0365. The first-order valence-corrected chi connectivity index (χ1v) is 22.6. The molecule has 0 aliphatic carbocycles. The molecule has 1 saturated heterocycles. The van der Waals surface area contributed by atoms with Crippen LogP contribution in [-0.4, -0.2) is 60.3 Å². The van der Waals surface area contributed by atoms with E-state index in [0.29, 0.717) is 16.9 Å². The SMILES string of the molecule is CCCC[O-].ClCCCBr.ClCCCSCc1cc[c-]nc1.ClCc1cc[c-]nc1.N=C(N)SCc1cc[c-]nc1.[K+].[Y].[Y].[Y].[Y].[c-]1ccc(C2CCCS2)cn1. The first-order chi connectivity index (χ1) is 25.4. The van der Waals surface area contributed by atoms with Crippen molar-refractivity contribution < 1.29 is 187 Å². The first kappa shape index (κ1) is 73.1. The molecule has 4 aromatic heterocycles. The van der Waals surface area contributed by atoms with Crippen LogP contribution in [0.1, 0.15) is 73.0 Å². The van der Waals surface area contributed by atoms with Crippen molar-refractivity contribution in [1.29, 1.82) is 5.41 Å². The van der Waals surface area contributed by atoms with Crippen LogP contribution in [0.2, 0.25) is 0 Å². The molecule has 1 atom stereocenters. The second-order valence-electron chi connectivity index (χ2n) is 10.3. The maximum atomic E-state index is 9.53. The Balaban J connectivity index is -0.000000138. The Morgan fingerprint density at radius 1 is 0.825 bits per heavy atom. The van der Waals surface area contributed by atoms with E-state index in [0.717, 1.165) is 65.4 Å². The summed E-state index contributed by atoms with van der Waals surface area (Å²) in [5.74, 6) is 6.22. The van der Waals surface area contributed by atoms with Crippen molar-refractivity contribution >= 4 is 91.2 Å². The third-order valence-electron chi connectivity index (χ3n) is 5.98. The van der Waals surface area contributed by atoms with E-state index < -0.39 is 0 Å². The monoisotopic (exact) mass is 1280 g/mol. The Labute approximate surface area is 522 Å². The van der Waals surface area contributed by atoms with Crippen molar-refractivity contribution in [3.63, 3.8) is 0 Å². The molecule has 5 heterocycles. The first-order valence-electron chi connectivity index (χ1n) is 16.7. The summed E-state index contributed by atoms with van der Waals surface area (Å²) in [6, 6.07) is 15.2. The molecule has 4 aromatic rings. The van der Waals surface area contributed by atoms with Gasteiger partial charge in [-0.1, -0.05) is 97.0 Å². The molecular weight excluding hydrogens is 1230 g/mol. The Bertz CT molecular complexity index is 1330. The minimum absolute atomic E-state index is 0. The molecule has 1 aliphatic rings. The summed E-state index contributed by atoms with van der Waals surface area (Å²) in [4.78, 5) is 15.5. The van der Waals surface area contributed by atoms with Gasteiger partial charge in [0.25, 0.3) is 0 Å². The van der Waals surface area contributed by atoms with Gasteiger partial charge in [-0.15, -0.1) is 63.7 Å². The predicted octanol–water partition coefficient (Wildman–Crippen LogP) is 6.97. The van der Waals surface area contributed by atoms with Crippen molar-refractivity contribution in [2.45, 2.75) is 68.1 Å². The number of halogens is 4. The number of amidine groups is 1. The van der Waals surface area contributed by atoms with Gasteiger partial charge in [0, 0.05) is 165 Å². The molecule has 0 spiro atoms. The molecule has 57 heavy (non-hydrogen) atoms. The molecule has 7 nitrogen and oxygen atoms in total. The number of hydrogen-bond acceptors (Lipinski definition) is 9. The van der Waals surface area contributed by atoms with Gasteiger partial charge in [-0.25, -0.2) is 0 Å². The van der Waals surface area contributed by atoms with Gasteiger partial charge < -0.3 is 30.8 Å². The molecular formula is C38H49BrCl3KN6OS3Y4-4. The number of nitrogens with one attached hydrogen (secondary N) is 1. The molecule has 1 unspecified atom stereocenters. The fourth-order valence-corrected chi connectivity index (χ4v) is 7.23. The largest absolute Gasteiger partial charge is 1.00 e. The zero-order chi connectivity index (χ0) is 38.3. The zero-order valence-corrected chi connectivity index (χ0v) is 53.7. The number of nitrogens with two attached hydrogens (primary N) is 1. The average Bonchev–Trinajstić information content (AvgIpc) is 3.75. The second kappa shape index (κ2) is 58.5. The van der Waals surface area contributed by atoms with E-state index in [1.165, 1.54) is 41.5 Å². The minimum atomic E-state index is 0. The number of rotatable bonds is 13. The second-order valence-corrected chi connectivity index (χ2v) is 15.5. The van der Waals surface area contributed by atoms with Gasteiger partial charge in [0.1, 0.15) is 0 Å². The molecule has 0 amide bonds. The third kappa shape index (κ3) is 49.8. The Morgan fingerprint density at radius 3 is 1.65 bits per heavy atom. The van der Waals surface area contributed by atoms with E-state index in [9.17, 15) is 5.11 Å². The summed E-state index contributed by atoms with van der Waals surface area (Å²) in [6.07, 6.45) is 24.8. The summed E-state index contributed by atoms with van der Waals surface area (Å²) in [6.45, 7) is 2.11. The predicted molar refractivity (Wildman–Crippen MR) is 230 cm³/mol. The van der Waals surface area contributed by atoms with Crippen LogP contribution in [0.15, 0.2) is 73.3 Å². The summed E-state index contributed by atoms with van der Waals surface area (Å²) in [5.41, 5.74) is 9.87. The van der Waals surface area contributed by atoms with Crippen molar-refractivity contribution in [3.05, 3.63) is 120 Å². The van der Waals surface area contributed by atoms with E-state index in [1.807, 2.05) is 73.2 Å². The maximum absolute atomic E-state index is 9.53. The molecule has 1 aliphatic heterocycles. The number of nitrogens with zero attached hydrogens (tertiary/aromatic N) is 4. The summed E-state index contributed by atoms with van der Waals surface area (Å²) < 4.78 is 0. The number of pyridine rings is 4. The van der Waals surface area contributed by atoms with E-state index in [4.69, 9.17) is 45.9 Å². The maximum Gasteiger partial charge on any atom is 1.00 e. The van der Waals surface area contributed by atoms with Crippen LogP contribution >= 0.6 is 86.0 Å². The van der Waals surface area contributed by atoms with Crippen molar-refractivity contribution in [2.24, 2.45) is 5.73 Å². The Morgan fingerprint density at radius 2 is 1.33 bits per heavy atom. The molecule has 4 radical (unpaired) electrons. The summed E-state index contributed by atoms with van der Waals surface area (Å²) >= 11 is 24.7. The van der Waals surface area contributed by atoms with Crippen LogP contribution in [0, 0.1) is 30.2 Å². The van der Waals surface area contributed by atoms with Crippen LogP contribution in [-0.2, 0) is 148 Å². The van der Waals surface area contributed by atoms with Gasteiger partial charge >= 0.3 is 51.4 Å². The fraction of sp³-hybridized carbons (Fsp3) is 0.447. The van der Waals surface area contributed by atoms with Crippen LogP contribution in [0.5, 0.6) is 0 Å². The molecule has 0 bridgehead atoms. The van der Waals surface area contributed by atoms with Crippen molar-refractivity contribution in [3.8, 4) is 0 Å². The Hall–Kier alpha value is 4.48. The number of hydrogen-bond donors (Lipinski definition) is 2. The van der Waals surface area contributed by atoms with Crippen LogP contribution in [0.4, 0.5) is 0 Å². The van der Waals surface area contributed by atoms with E-state index in [1.54, 1.807) is 24.5 Å². The van der Waals surface area contributed by atoms with Crippen molar-refractivity contribution in [2.75, 3.05) is 35.2 Å². The van der Waals surface area contributed by atoms with Crippen LogP contribution in [0.3, 0.4) is 0 Å². The minimum Gasteiger partial charge on any atom is -0.854 e. The van der Waals surface area contributed by atoms with Gasteiger partial charge in [0.05, 0.1) is 0 Å². The van der Waals surface area contributed by atoms with E-state index in [2.05, 4.69) is 66.7 Å². The number of alkyl halides is 4. The van der Waals surface area contributed by atoms with Gasteiger partial charge in [0.15, 0.2) is 5.17 Å². The molecule has 1 fully saturated rings. The third-order valence-corrected chi connectivity index (χ3v) is 10.7. The van der Waals surface area contributed by atoms with Crippen LogP contribution < -0.4 is 62.2 Å². The topological polar surface area (TPSA) is 124 Å². The van der Waals surface area contributed by atoms with Gasteiger partial charge in [0.2, 0.25) is 0 Å². The number of thioether (sulfide) groups is 3. The van der Waals surface area contributed by atoms with Crippen LogP contribution in [0.25, 0.3) is 0 Å². The van der Waals surface area contributed by atoms with Crippen molar-refractivity contribution in [1.82, 2.24) is 19.9 Å². The molecule has 0 aromatic carbocycles. The summed E-state index contributed by atoms with van der Waals surface area (Å²) in [7, 11) is 0. The number of unbranched alkanes of at least 4 members (excludes halogenated alkanes) is 1. The molecule has 5 rings (SSSR count). The normalized spacial score (nSPS) is 11.3. The van der Waals surface area contributed by atoms with Gasteiger partial charge in [-0.05, 0) is 42.9 Å². The molecule has 3 N–H and O–H groups in total. The smallest absolute Gasteiger partial charge is 0.854 e. The molecule has 0 saturated carbocycles. The van der Waals surface area contributed by atoms with E-state index in [-0.39, 0.29) is 194 Å². The summed E-state index contributed by atoms with van der Waals surface area (Å²) in [5, 5.41) is 18.4. The molecule has 19 heteroatoms. The zero-order valence-electron chi connectivity index (χ0n) is 32.9. The van der Waals surface area contributed by atoms with E-state index >= 15 is 0 Å². The Kier molecular flexibility index (Phi) is 75.0. The average molecular weight is 1280 g/mol. The number of aromatic nitrogens is 4. The fourth-order valence-electron chi connectivity index (χ4n) is 3.37. The van der Waals surface area contributed by atoms with Gasteiger partial charge in [-0.2, -0.15) is 72.1 Å². The molecule has 300 valence electrons. The standard InChI is InChI=1S/C9H11ClNS.C9H10NS.C7H8N3S.C6H5ClN.C4H9O.C3H6BrCl.K.4Y/c10-4-2-6-12-8-9-3-1-5-11-7-9;1-3-8(7-10-5-1)9-4-2-6-11-9;8-7(9)11-5-6-2-1-3-10-4-6;7-4-6-2-1-3-8-5-6;1-2-3-4-5;4-2-1-3-5;;;;;/h1,3,7H,2,4,6,8H2;1,3,7,9H,2,4,6H2;1-2,4H,5H2,(H3,8,9);1-2,5H,4H2;2-4H2,1H3;1-3H2;;;;;/q5*-1;;+1;;;;. The van der Waals surface area contributed by atoms with Gasteiger partial charge in [-0.3, -0.25) is 5.41 Å².